The summed E-state index contributed by atoms with van der Waals surface area (Å²) in [7, 11) is 2.98. The summed E-state index contributed by atoms with van der Waals surface area (Å²) in [6.07, 6.45) is 0. The Hall–Kier alpha value is -0.860. The van der Waals surface area contributed by atoms with Crippen molar-refractivity contribution in [1.29, 1.82) is 0 Å². The first-order chi connectivity index (χ1) is 6.24. The SMILES string of the molecule is CNC(C)c1ccc(C)cc1.CO. The predicted octanol–water partition coefficient (Wildman–Crippen LogP) is 1.88. The van der Waals surface area contributed by atoms with E-state index in [1.807, 2.05) is 7.05 Å². The van der Waals surface area contributed by atoms with Gasteiger partial charge in [0.1, 0.15) is 0 Å². The van der Waals surface area contributed by atoms with Gasteiger partial charge in [0.2, 0.25) is 0 Å². The molecule has 0 heterocycles. The van der Waals surface area contributed by atoms with Crippen LogP contribution in [0, 0.1) is 6.92 Å². The van der Waals surface area contributed by atoms with Gasteiger partial charge in [-0.25, -0.2) is 0 Å². The molecule has 1 aromatic carbocycles. The summed E-state index contributed by atoms with van der Waals surface area (Å²) in [5.74, 6) is 0. The number of hydrogen-bond donors (Lipinski definition) is 2. The summed E-state index contributed by atoms with van der Waals surface area (Å²) in [4.78, 5) is 0. The van der Waals surface area contributed by atoms with Crippen LogP contribution in [0.1, 0.15) is 24.1 Å². The first-order valence-corrected chi connectivity index (χ1v) is 4.42. The Kier molecular flexibility index (Phi) is 6.20. The number of aliphatic hydroxyl groups is 1. The molecule has 0 radical (unpaired) electrons. The third-order valence-corrected chi connectivity index (χ3v) is 2.01. The zero-order chi connectivity index (χ0) is 10.3. The van der Waals surface area contributed by atoms with Crippen molar-refractivity contribution in [2.45, 2.75) is 19.9 Å². The minimum atomic E-state index is 0.454. The van der Waals surface area contributed by atoms with Crippen LogP contribution in [-0.4, -0.2) is 19.3 Å². The Morgan fingerprint density at radius 2 is 1.62 bits per heavy atom. The lowest BCUT2D eigenvalue weighted by molar-refractivity contribution is 0.399. The molecule has 0 bridgehead atoms. The molecular formula is C11H19NO. The summed E-state index contributed by atoms with van der Waals surface area (Å²) in [5, 5.41) is 10.2. The van der Waals surface area contributed by atoms with Gasteiger partial charge in [-0.15, -0.1) is 0 Å². The van der Waals surface area contributed by atoms with Gasteiger partial charge in [-0.1, -0.05) is 29.8 Å². The lowest BCUT2D eigenvalue weighted by atomic mass is 10.1. The van der Waals surface area contributed by atoms with Crippen molar-refractivity contribution >= 4 is 0 Å². The van der Waals surface area contributed by atoms with Crippen molar-refractivity contribution in [2.75, 3.05) is 14.2 Å². The van der Waals surface area contributed by atoms with Crippen LogP contribution in [-0.2, 0) is 0 Å². The minimum Gasteiger partial charge on any atom is -0.400 e. The quantitative estimate of drug-likeness (QED) is 0.730. The molecule has 2 N–H and O–H groups in total. The van der Waals surface area contributed by atoms with Crippen molar-refractivity contribution in [3.8, 4) is 0 Å². The second-order valence-electron chi connectivity index (χ2n) is 2.92. The normalized spacial score (nSPS) is 11.5. The third kappa shape index (κ3) is 4.06. The Morgan fingerprint density at radius 3 is 2.00 bits per heavy atom. The molecule has 0 aromatic heterocycles. The molecule has 0 aliphatic carbocycles. The maximum absolute atomic E-state index is 7.00. The van der Waals surface area contributed by atoms with Gasteiger partial charge in [0.15, 0.2) is 0 Å². The molecule has 1 rings (SSSR count). The molecule has 0 fully saturated rings. The van der Waals surface area contributed by atoms with Crippen molar-refractivity contribution in [2.24, 2.45) is 0 Å². The highest BCUT2D eigenvalue weighted by Gasteiger charge is 1.99. The Labute approximate surface area is 80.6 Å². The molecule has 1 aromatic rings. The molecule has 2 nitrogen and oxygen atoms in total. The third-order valence-electron chi connectivity index (χ3n) is 2.01. The molecule has 1 atom stereocenters. The van der Waals surface area contributed by atoms with Crippen LogP contribution in [0.25, 0.3) is 0 Å². The lowest BCUT2D eigenvalue weighted by Gasteiger charge is -2.09. The van der Waals surface area contributed by atoms with E-state index in [4.69, 9.17) is 5.11 Å². The van der Waals surface area contributed by atoms with Gasteiger partial charge in [-0.05, 0) is 26.5 Å². The number of rotatable bonds is 2. The first kappa shape index (κ1) is 12.1. The first-order valence-electron chi connectivity index (χ1n) is 4.42. The molecule has 13 heavy (non-hydrogen) atoms. The van der Waals surface area contributed by atoms with E-state index in [9.17, 15) is 0 Å². The van der Waals surface area contributed by atoms with E-state index in [2.05, 4.69) is 43.4 Å². The number of aliphatic hydroxyl groups excluding tert-OH is 1. The van der Waals surface area contributed by atoms with E-state index in [-0.39, 0.29) is 0 Å². The number of benzene rings is 1. The zero-order valence-electron chi connectivity index (χ0n) is 8.83. The largest absolute Gasteiger partial charge is 0.400 e. The molecule has 0 aliphatic rings. The van der Waals surface area contributed by atoms with E-state index < -0.39 is 0 Å². The second-order valence-corrected chi connectivity index (χ2v) is 2.92. The molecule has 0 saturated heterocycles. The Morgan fingerprint density at radius 1 is 1.15 bits per heavy atom. The molecule has 1 unspecified atom stereocenters. The van der Waals surface area contributed by atoms with Crippen LogP contribution in [0.5, 0.6) is 0 Å². The molecule has 0 amide bonds. The topological polar surface area (TPSA) is 32.3 Å². The van der Waals surface area contributed by atoms with Crippen LogP contribution in [0.2, 0.25) is 0 Å². The molecule has 0 saturated carbocycles. The van der Waals surface area contributed by atoms with Gasteiger partial charge in [0.05, 0.1) is 0 Å². The maximum Gasteiger partial charge on any atom is 0.0319 e. The lowest BCUT2D eigenvalue weighted by Crippen LogP contribution is -2.11. The van der Waals surface area contributed by atoms with Gasteiger partial charge >= 0.3 is 0 Å². The van der Waals surface area contributed by atoms with E-state index in [0.29, 0.717) is 6.04 Å². The Bertz CT molecular complexity index is 218. The smallest absolute Gasteiger partial charge is 0.0319 e. The highest BCUT2D eigenvalue weighted by atomic mass is 16.2. The predicted molar refractivity (Wildman–Crippen MR) is 56.8 cm³/mol. The van der Waals surface area contributed by atoms with Gasteiger partial charge in [0.25, 0.3) is 0 Å². The molecule has 0 aliphatic heterocycles. The van der Waals surface area contributed by atoms with Gasteiger partial charge in [-0.3, -0.25) is 0 Å². The average Bonchev–Trinajstić information content (AvgIpc) is 2.21. The summed E-state index contributed by atoms with van der Waals surface area (Å²) in [6.45, 7) is 4.26. The number of aryl methyl sites for hydroxylation is 1. The van der Waals surface area contributed by atoms with Crippen molar-refractivity contribution < 1.29 is 5.11 Å². The van der Waals surface area contributed by atoms with E-state index in [1.165, 1.54) is 11.1 Å². The van der Waals surface area contributed by atoms with Gasteiger partial charge < -0.3 is 10.4 Å². The summed E-state index contributed by atoms with van der Waals surface area (Å²) >= 11 is 0. The van der Waals surface area contributed by atoms with Crippen molar-refractivity contribution in [1.82, 2.24) is 5.32 Å². The van der Waals surface area contributed by atoms with Crippen LogP contribution >= 0.6 is 0 Å². The second kappa shape index (κ2) is 6.63. The zero-order valence-corrected chi connectivity index (χ0v) is 8.83. The fourth-order valence-electron chi connectivity index (χ4n) is 1.02. The maximum atomic E-state index is 7.00. The highest BCUT2D eigenvalue weighted by Crippen LogP contribution is 2.11. The van der Waals surface area contributed by atoms with Gasteiger partial charge in [-0.2, -0.15) is 0 Å². The van der Waals surface area contributed by atoms with E-state index in [1.54, 1.807) is 0 Å². The summed E-state index contributed by atoms with van der Waals surface area (Å²) < 4.78 is 0. The van der Waals surface area contributed by atoms with Crippen LogP contribution < -0.4 is 5.32 Å². The Balaban J connectivity index is 0.000000671. The number of hydrogen-bond acceptors (Lipinski definition) is 2. The van der Waals surface area contributed by atoms with E-state index >= 15 is 0 Å². The monoisotopic (exact) mass is 181 g/mol. The average molecular weight is 181 g/mol. The van der Waals surface area contributed by atoms with Crippen LogP contribution in [0.4, 0.5) is 0 Å². The van der Waals surface area contributed by atoms with Crippen LogP contribution in [0.15, 0.2) is 24.3 Å². The van der Waals surface area contributed by atoms with Crippen molar-refractivity contribution in [3.05, 3.63) is 35.4 Å². The molecule has 2 heteroatoms. The number of nitrogens with one attached hydrogen (secondary N) is 1. The summed E-state index contributed by atoms with van der Waals surface area (Å²) in [5.41, 5.74) is 2.66. The van der Waals surface area contributed by atoms with Crippen molar-refractivity contribution in [3.63, 3.8) is 0 Å². The fraction of sp³-hybridized carbons (Fsp3) is 0.455. The molecule has 0 spiro atoms. The summed E-state index contributed by atoms with van der Waals surface area (Å²) in [6, 6.07) is 9.06. The molecular weight excluding hydrogens is 162 g/mol. The van der Waals surface area contributed by atoms with Crippen LogP contribution in [0.3, 0.4) is 0 Å². The standard InChI is InChI=1S/C10H15N.CH4O/c1-8-4-6-10(7-5-8)9(2)11-3;1-2/h4-7,9,11H,1-3H3;2H,1H3. The minimum absolute atomic E-state index is 0.454. The van der Waals surface area contributed by atoms with Gasteiger partial charge in [0, 0.05) is 13.2 Å². The fourth-order valence-corrected chi connectivity index (χ4v) is 1.02. The highest BCUT2D eigenvalue weighted by molar-refractivity contribution is 5.23. The van der Waals surface area contributed by atoms with E-state index in [0.717, 1.165) is 7.11 Å². The molecule has 74 valence electrons.